The van der Waals surface area contributed by atoms with Crippen LogP contribution in [0.1, 0.15) is 33.3 Å². The second-order valence-corrected chi connectivity index (χ2v) is 5.33. The summed E-state index contributed by atoms with van der Waals surface area (Å²) in [6, 6.07) is 6.59. The van der Waals surface area contributed by atoms with E-state index in [9.17, 15) is 0 Å². The second kappa shape index (κ2) is 7.61. The predicted octanol–water partition coefficient (Wildman–Crippen LogP) is 0.0554. The molecule has 0 aliphatic rings. The first-order valence-electron chi connectivity index (χ1n) is 6.15. The lowest BCUT2D eigenvalue weighted by atomic mass is 9.90. The van der Waals surface area contributed by atoms with Crippen molar-refractivity contribution in [1.29, 1.82) is 0 Å². The molecule has 0 spiro atoms. The molecule has 0 bridgehead atoms. The smallest absolute Gasteiger partial charge is 0.512 e. The van der Waals surface area contributed by atoms with E-state index in [2.05, 4.69) is 4.65 Å². The Hall–Kier alpha value is -1.12. The number of para-hydroxylation sites is 1. The van der Waals surface area contributed by atoms with Crippen molar-refractivity contribution in [1.82, 2.24) is 0 Å². The van der Waals surface area contributed by atoms with E-state index in [1.807, 2.05) is 0 Å². The highest BCUT2D eigenvalue weighted by Crippen LogP contribution is 2.19. The van der Waals surface area contributed by atoms with E-state index in [1.54, 1.807) is 52.0 Å². The number of aliphatic hydroxyl groups is 3. The minimum absolute atomic E-state index is 0.192. The Kier molecular flexibility index (Phi) is 7.19. The Morgan fingerprint density at radius 2 is 1.45 bits per heavy atom. The average molecular weight is 286 g/mol. The lowest BCUT2D eigenvalue weighted by Crippen LogP contribution is -2.44. The van der Waals surface area contributed by atoms with Gasteiger partial charge in [-0.2, -0.15) is 0 Å². The SMILES string of the molecule is CC(C)(O)C(C)(C)O.OCc1ccccc1OB(O)O. The van der Waals surface area contributed by atoms with E-state index in [0.717, 1.165) is 0 Å². The molecule has 1 rings (SSSR count). The summed E-state index contributed by atoms with van der Waals surface area (Å²) in [5, 5.41) is 44.0. The Balaban J connectivity index is 0.000000396. The number of hydrogen-bond acceptors (Lipinski definition) is 6. The molecule has 1 aromatic rings. The van der Waals surface area contributed by atoms with E-state index < -0.39 is 18.5 Å². The third-order valence-electron chi connectivity index (χ3n) is 2.87. The summed E-state index contributed by atoms with van der Waals surface area (Å²) in [6.07, 6.45) is 0. The maximum Gasteiger partial charge on any atom is 0.707 e. The van der Waals surface area contributed by atoms with Gasteiger partial charge in [0.2, 0.25) is 0 Å². The standard InChI is InChI=1S/C7H9BO4.C6H14O2/c9-5-6-3-1-2-4-7(6)12-8(10)11;1-5(2,7)6(3,4)8/h1-4,9-11H,5H2;7-8H,1-4H3. The lowest BCUT2D eigenvalue weighted by molar-refractivity contribution is -0.107. The van der Waals surface area contributed by atoms with Gasteiger partial charge in [-0.25, -0.2) is 0 Å². The van der Waals surface area contributed by atoms with Gasteiger partial charge in [0.05, 0.1) is 17.8 Å². The minimum atomic E-state index is -1.85. The number of aliphatic hydroxyl groups excluding tert-OH is 1. The van der Waals surface area contributed by atoms with Crippen LogP contribution in [0.2, 0.25) is 0 Å². The molecule has 0 unspecified atom stereocenters. The van der Waals surface area contributed by atoms with Crippen molar-refractivity contribution in [3.05, 3.63) is 29.8 Å². The highest BCUT2D eigenvalue weighted by Gasteiger charge is 2.31. The third-order valence-corrected chi connectivity index (χ3v) is 2.87. The molecule has 7 heteroatoms. The van der Waals surface area contributed by atoms with Crippen LogP contribution >= 0.6 is 0 Å². The van der Waals surface area contributed by atoms with E-state index in [1.165, 1.54) is 0 Å². The van der Waals surface area contributed by atoms with Crippen molar-refractivity contribution in [2.45, 2.75) is 45.5 Å². The zero-order chi connectivity index (χ0) is 16.0. The van der Waals surface area contributed by atoms with Crippen molar-refractivity contribution in [3.8, 4) is 5.75 Å². The topological polar surface area (TPSA) is 110 Å². The molecule has 0 saturated carbocycles. The molecule has 0 saturated heterocycles. The second-order valence-electron chi connectivity index (χ2n) is 5.33. The van der Waals surface area contributed by atoms with Gasteiger partial charge < -0.3 is 30.0 Å². The number of rotatable bonds is 4. The zero-order valence-corrected chi connectivity index (χ0v) is 12.2. The van der Waals surface area contributed by atoms with Crippen LogP contribution < -0.4 is 4.65 Å². The molecule has 0 aliphatic heterocycles. The normalized spacial score (nSPS) is 11.4. The van der Waals surface area contributed by atoms with Gasteiger partial charge in [-0.3, -0.25) is 0 Å². The Morgan fingerprint density at radius 1 is 1.00 bits per heavy atom. The van der Waals surface area contributed by atoms with Crippen molar-refractivity contribution in [3.63, 3.8) is 0 Å². The molecule has 5 N–H and O–H groups in total. The molecule has 0 heterocycles. The van der Waals surface area contributed by atoms with Crippen molar-refractivity contribution < 1.29 is 30.0 Å². The summed E-state index contributed by atoms with van der Waals surface area (Å²) in [4.78, 5) is 0. The van der Waals surface area contributed by atoms with Crippen LogP contribution in [0.25, 0.3) is 0 Å². The highest BCUT2D eigenvalue weighted by molar-refractivity contribution is 6.33. The van der Waals surface area contributed by atoms with Crippen LogP contribution in [0.5, 0.6) is 5.75 Å². The van der Waals surface area contributed by atoms with Gasteiger partial charge in [-0.05, 0) is 33.8 Å². The fourth-order valence-electron chi connectivity index (χ4n) is 0.863. The first-order valence-corrected chi connectivity index (χ1v) is 6.15. The van der Waals surface area contributed by atoms with Crippen LogP contribution in [0.4, 0.5) is 0 Å². The molecule has 0 amide bonds. The van der Waals surface area contributed by atoms with Gasteiger partial charge in [0.25, 0.3) is 0 Å². The molecule has 0 aromatic heterocycles. The maximum absolute atomic E-state index is 9.10. The molecule has 0 fully saturated rings. The lowest BCUT2D eigenvalue weighted by Gasteiger charge is -2.31. The molecule has 1 aromatic carbocycles. The van der Waals surface area contributed by atoms with Gasteiger partial charge in [0.15, 0.2) is 0 Å². The van der Waals surface area contributed by atoms with E-state index in [4.69, 9.17) is 25.4 Å². The van der Waals surface area contributed by atoms with Crippen LogP contribution in [0, 0.1) is 0 Å². The summed E-state index contributed by atoms with van der Waals surface area (Å²) in [6.45, 7) is 6.11. The average Bonchev–Trinajstić information content (AvgIpc) is 2.27. The molecule has 6 nitrogen and oxygen atoms in total. The van der Waals surface area contributed by atoms with Gasteiger partial charge in [-0.1, -0.05) is 18.2 Å². The van der Waals surface area contributed by atoms with Crippen LogP contribution in [-0.2, 0) is 6.61 Å². The molecule has 0 radical (unpaired) electrons. The van der Waals surface area contributed by atoms with Gasteiger partial charge in [0.1, 0.15) is 5.75 Å². The fraction of sp³-hybridized carbons (Fsp3) is 0.538. The van der Waals surface area contributed by atoms with Crippen molar-refractivity contribution >= 4 is 7.32 Å². The van der Waals surface area contributed by atoms with Gasteiger partial charge >= 0.3 is 7.32 Å². The summed E-state index contributed by atoms with van der Waals surface area (Å²) < 4.78 is 4.59. The van der Waals surface area contributed by atoms with Gasteiger partial charge in [0, 0.05) is 5.56 Å². The molecule has 20 heavy (non-hydrogen) atoms. The summed E-state index contributed by atoms with van der Waals surface area (Å²) >= 11 is 0. The Labute approximate surface area is 119 Å². The van der Waals surface area contributed by atoms with E-state index in [-0.39, 0.29) is 12.4 Å². The fourth-order valence-corrected chi connectivity index (χ4v) is 0.863. The first kappa shape index (κ1) is 18.9. The minimum Gasteiger partial charge on any atom is -0.512 e. The van der Waals surface area contributed by atoms with E-state index in [0.29, 0.717) is 5.56 Å². The quantitative estimate of drug-likeness (QED) is 0.500. The van der Waals surface area contributed by atoms with Gasteiger partial charge in [-0.15, -0.1) is 0 Å². The van der Waals surface area contributed by atoms with Crippen molar-refractivity contribution in [2.24, 2.45) is 0 Å². The molecular formula is C13H23BO6. The summed E-state index contributed by atoms with van der Waals surface area (Å²) in [5.74, 6) is 0.273. The number of benzene rings is 1. The number of hydrogen-bond donors (Lipinski definition) is 5. The molecular weight excluding hydrogens is 263 g/mol. The highest BCUT2D eigenvalue weighted by atomic mass is 16.6. The Bertz CT molecular complexity index is 383. The zero-order valence-electron chi connectivity index (χ0n) is 12.2. The summed E-state index contributed by atoms with van der Waals surface area (Å²) in [7, 11) is -1.85. The molecule has 0 atom stereocenters. The van der Waals surface area contributed by atoms with Crippen LogP contribution in [0.15, 0.2) is 24.3 Å². The Morgan fingerprint density at radius 3 is 1.80 bits per heavy atom. The van der Waals surface area contributed by atoms with Crippen molar-refractivity contribution in [2.75, 3.05) is 0 Å². The van der Waals surface area contributed by atoms with E-state index >= 15 is 0 Å². The molecule has 114 valence electrons. The largest absolute Gasteiger partial charge is 0.707 e. The maximum atomic E-state index is 9.10. The van der Waals surface area contributed by atoms with Crippen LogP contribution in [0.3, 0.4) is 0 Å². The monoisotopic (exact) mass is 286 g/mol. The first-order chi connectivity index (χ1) is 8.99. The summed E-state index contributed by atoms with van der Waals surface area (Å²) in [5.41, 5.74) is -1.49. The molecule has 0 aliphatic carbocycles. The predicted molar refractivity (Wildman–Crippen MR) is 75.8 cm³/mol. The van der Waals surface area contributed by atoms with Crippen LogP contribution in [-0.4, -0.2) is 43.9 Å². The third kappa shape index (κ3) is 6.88.